The van der Waals surface area contributed by atoms with E-state index in [0.29, 0.717) is 0 Å². The van der Waals surface area contributed by atoms with Crippen LogP contribution in [0.25, 0.3) is 0 Å². The number of Topliss-reactive ketones (excluding diaryl/α,β-unsaturated/α-hetero) is 1. The van der Waals surface area contributed by atoms with Crippen molar-refractivity contribution < 1.29 is 4.79 Å². The predicted octanol–water partition coefficient (Wildman–Crippen LogP) is 4.08. The van der Waals surface area contributed by atoms with Gasteiger partial charge in [-0.15, -0.1) is 0 Å². The highest BCUT2D eigenvalue weighted by atomic mass is 16.1. The highest BCUT2D eigenvalue weighted by Crippen LogP contribution is 2.21. The first-order chi connectivity index (χ1) is 10.0. The molecule has 0 aliphatic heterocycles. The fraction of sp³-hybridized carbons (Fsp3) is 0.333. The molecule has 2 rings (SSSR count). The van der Waals surface area contributed by atoms with Crippen LogP contribution in [0.3, 0.4) is 0 Å². The van der Waals surface area contributed by atoms with E-state index in [0.717, 1.165) is 35.6 Å². The number of benzene rings is 1. The fourth-order valence-electron chi connectivity index (χ4n) is 2.47. The van der Waals surface area contributed by atoms with Crippen LogP contribution in [0.2, 0.25) is 0 Å². The lowest BCUT2D eigenvalue weighted by atomic mass is 9.98. The molecular formula is C18H22N2O. The second-order valence-electron chi connectivity index (χ2n) is 5.21. The Hall–Kier alpha value is -2.16. The molecule has 3 nitrogen and oxygen atoms in total. The molecule has 0 aromatic heterocycles. The van der Waals surface area contributed by atoms with Gasteiger partial charge in [-0.3, -0.25) is 4.79 Å². The molecule has 1 aromatic carbocycles. The minimum atomic E-state index is 0.103. The summed E-state index contributed by atoms with van der Waals surface area (Å²) in [4.78, 5) is 18.6. The SMILES string of the molecule is CCN(CC)c1ccc(N=C2C=C(C)C(=O)C(C)=C2)cc1. The van der Waals surface area contributed by atoms with Crippen molar-refractivity contribution in [3.05, 3.63) is 47.6 Å². The number of anilines is 1. The first kappa shape index (κ1) is 15.2. The third-order valence-electron chi connectivity index (χ3n) is 3.68. The quantitative estimate of drug-likeness (QED) is 0.779. The lowest BCUT2D eigenvalue weighted by Crippen LogP contribution is -2.21. The van der Waals surface area contributed by atoms with Gasteiger partial charge in [-0.05, 0) is 75.3 Å². The first-order valence-corrected chi connectivity index (χ1v) is 7.40. The van der Waals surface area contributed by atoms with Crippen LogP contribution in [0.1, 0.15) is 27.7 Å². The molecule has 21 heavy (non-hydrogen) atoms. The molecule has 0 spiro atoms. The Morgan fingerprint density at radius 1 is 0.952 bits per heavy atom. The number of carbonyl (C=O) groups excluding carboxylic acids is 1. The second kappa shape index (κ2) is 6.53. The summed E-state index contributed by atoms with van der Waals surface area (Å²) in [5.74, 6) is 0.103. The van der Waals surface area contributed by atoms with E-state index < -0.39 is 0 Å². The van der Waals surface area contributed by atoms with Crippen LogP contribution >= 0.6 is 0 Å². The number of hydrogen-bond acceptors (Lipinski definition) is 3. The summed E-state index contributed by atoms with van der Waals surface area (Å²) < 4.78 is 0. The number of aliphatic imine (C=N–C) groups is 1. The van der Waals surface area contributed by atoms with Gasteiger partial charge in [0.2, 0.25) is 0 Å². The average Bonchev–Trinajstić information content (AvgIpc) is 2.47. The standard InChI is InChI=1S/C18H22N2O/c1-5-20(6-2)17-9-7-15(8-10-17)19-16-11-13(3)18(21)14(4)12-16/h7-12H,5-6H2,1-4H3. The molecule has 0 fully saturated rings. The summed E-state index contributed by atoms with van der Waals surface area (Å²) >= 11 is 0. The number of carbonyl (C=O) groups is 1. The molecule has 0 saturated heterocycles. The Bertz CT molecular complexity index is 593. The molecule has 3 heteroatoms. The van der Waals surface area contributed by atoms with E-state index >= 15 is 0 Å². The zero-order chi connectivity index (χ0) is 15.4. The van der Waals surface area contributed by atoms with Crippen molar-refractivity contribution in [2.24, 2.45) is 4.99 Å². The molecule has 0 amide bonds. The van der Waals surface area contributed by atoms with E-state index in [9.17, 15) is 4.79 Å². The van der Waals surface area contributed by atoms with Crippen LogP contribution in [0, 0.1) is 0 Å². The van der Waals surface area contributed by atoms with E-state index in [1.165, 1.54) is 5.69 Å². The first-order valence-electron chi connectivity index (χ1n) is 7.40. The number of rotatable bonds is 4. The lowest BCUT2D eigenvalue weighted by Gasteiger charge is -2.20. The number of ketones is 1. The molecule has 0 heterocycles. The minimum absolute atomic E-state index is 0.103. The second-order valence-corrected chi connectivity index (χ2v) is 5.21. The Morgan fingerprint density at radius 3 is 1.95 bits per heavy atom. The summed E-state index contributed by atoms with van der Waals surface area (Å²) in [5, 5.41) is 0. The molecule has 0 radical (unpaired) electrons. The third kappa shape index (κ3) is 3.48. The maximum Gasteiger partial charge on any atom is 0.184 e. The molecule has 110 valence electrons. The summed E-state index contributed by atoms with van der Waals surface area (Å²) in [6, 6.07) is 8.22. The minimum Gasteiger partial charge on any atom is -0.372 e. The molecule has 1 aromatic rings. The molecular weight excluding hydrogens is 260 g/mol. The summed E-state index contributed by atoms with van der Waals surface area (Å²) in [6.07, 6.45) is 3.68. The van der Waals surface area contributed by atoms with Crippen molar-refractivity contribution in [2.75, 3.05) is 18.0 Å². The third-order valence-corrected chi connectivity index (χ3v) is 3.68. The van der Waals surface area contributed by atoms with Crippen LogP contribution in [0.5, 0.6) is 0 Å². The molecule has 0 saturated carbocycles. The van der Waals surface area contributed by atoms with Crippen molar-refractivity contribution in [1.82, 2.24) is 0 Å². The molecule has 0 N–H and O–H groups in total. The van der Waals surface area contributed by atoms with Crippen LogP contribution in [-0.4, -0.2) is 24.6 Å². The van der Waals surface area contributed by atoms with Crippen molar-refractivity contribution in [3.63, 3.8) is 0 Å². The number of hydrogen-bond donors (Lipinski definition) is 0. The van der Waals surface area contributed by atoms with Crippen LogP contribution in [-0.2, 0) is 4.79 Å². The maximum absolute atomic E-state index is 11.7. The van der Waals surface area contributed by atoms with Gasteiger partial charge in [-0.1, -0.05) is 0 Å². The number of nitrogens with zero attached hydrogens (tertiary/aromatic N) is 2. The average molecular weight is 282 g/mol. The van der Waals surface area contributed by atoms with Crippen molar-refractivity contribution in [3.8, 4) is 0 Å². The smallest absolute Gasteiger partial charge is 0.184 e. The molecule has 1 aliphatic carbocycles. The predicted molar refractivity (Wildman–Crippen MR) is 89.6 cm³/mol. The van der Waals surface area contributed by atoms with Crippen LogP contribution in [0.4, 0.5) is 11.4 Å². The van der Waals surface area contributed by atoms with Gasteiger partial charge in [0.1, 0.15) is 0 Å². The highest BCUT2D eigenvalue weighted by molar-refractivity contribution is 6.21. The Kier molecular flexibility index (Phi) is 4.73. The monoisotopic (exact) mass is 282 g/mol. The normalized spacial score (nSPS) is 14.7. The zero-order valence-electron chi connectivity index (χ0n) is 13.2. The Morgan fingerprint density at radius 2 is 1.48 bits per heavy atom. The fourth-order valence-corrected chi connectivity index (χ4v) is 2.47. The van der Waals surface area contributed by atoms with E-state index in [2.05, 4.69) is 35.9 Å². The van der Waals surface area contributed by atoms with Gasteiger partial charge >= 0.3 is 0 Å². The van der Waals surface area contributed by atoms with Gasteiger partial charge in [-0.25, -0.2) is 4.99 Å². The van der Waals surface area contributed by atoms with Gasteiger partial charge in [0.15, 0.2) is 5.78 Å². The van der Waals surface area contributed by atoms with Gasteiger partial charge in [0, 0.05) is 18.8 Å². The Balaban J connectivity index is 2.24. The van der Waals surface area contributed by atoms with Crippen molar-refractivity contribution in [2.45, 2.75) is 27.7 Å². The van der Waals surface area contributed by atoms with E-state index in [1.54, 1.807) is 0 Å². The largest absolute Gasteiger partial charge is 0.372 e. The maximum atomic E-state index is 11.7. The van der Waals surface area contributed by atoms with E-state index in [4.69, 9.17) is 0 Å². The van der Waals surface area contributed by atoms with E-state index in [1.807, 2.05) is 38.1 Å². The van der Waals surface area contributed by atoms with Gasteiger partial charge in [0.05, 0.1) is 11.4 Å². The van der Waals surface area contributed by atoms with Gasteiger partial charge in [0.25, 0.3) is 0 Å². The van der Waals surface area contributed by atoms with Gasteiger partial charge < -0.3 is 4.90 Å². The van der Waals surface area contributed by atoms with Crippen molar-refractivity contribution >= 4 is 22.9 Å². The summed E-state index contributed by atoms with van der Waals surface area (Å²) in [6.45, 7) is 9.96. The summed E-state index contributed by atoms with van der Waals surface area (Å²) in [5.41, 5.74) is 4.44. The summed E-state index contributed by atoms with van der Waals surface area (Å²) in [7, 11) is 0. The Labute approximate surface area is 126 Å². The van der Waals surface area contributed by atoms with Crippen LogP contribution in [0.15, 0.2) is 52.6 Å². The van der Waals surface area contributed by atoms with Crippen molar-refractivity contribution in [1.29, 1.82) is 0 Å². The van der Waals surface area contributed by atoms with Crippen LogP contribution < -0.4 is 4.90 Å². The zero-order valence-corrected chi connectivity index (χ0v) is 13.2. The lowest BCUT2D eigenvalue weighted by molar-refractivity contribution is -0.112. The molecule has 0 atom stereocenters. The molecule has 0 bridgehead atoms. The number of allylic oxidation sites excluding steroid dienone is 4. The topological polar surface area (TPSA) is 32.7 Å². The molecule has 1 aliphatic rings. The molecule has 0 unspecified atom stereocenters. The highest BCUT2D eigenvalue weighted by Gasteiger charge is 2.13. The van der Waals surface area contributed by atoms with Gasteiger partial charge in [-0.2, -0.15) is 0 Å². The van der Waals surface area contributed by atoms with E-state index in [-0.39, 0.29) is 5.78 Å².